The highest BCUT2D eigenvalue weighted by Crippen LogP contribution is 2.25. The van der Waals surface area contributed by atoms with Gasteiger partial charge in [0.15, 0.2) is 12.4 Å². The molecule has 0 bridgehead atoms. The maximum atomic E-state index is 5.21. The van der Waals surface area contributed by atoms with E-state index in [1.807, 2.05) is 24.3 Å². The molecule has 2 rings (SSSR count). The lowest BCUT2D eigenvalue weighted by atomic mass is 10.4. The summed E-state index contributed by atoms with van der Waals surface area (Å²) in [6.07, 6.45) is 3.59. The largest absolute Gasteiger partial charge is 0.401 e. The van der Waals surface area contributed by atoms with Gasteiger partial charge in [0.1, 0.15) is 14.2 Å². The molecule has 6 heteroatoms. The Kier molecular flexibility index (Phi) is 3.96. The average molecular weight is 316 g/mol. The van der Waals surface area contributed by atoms with Crippen molar-refractivity contribution in [2.45, 2.75) is 10.1 Å². The van der Waals surface area contributed by atoms with Crippen LogP contribution in [0.2, 0.25) is 0 Å². The van der Waals surface area contributed by atoms with Crippen LogP contribution in [-0.4, -0.2) is 19.0 Å². The summed E-state index contributed by atoms with van der Waals surface area (Å²) in [7, 11) is 3.23. The second kappa shape index (κ2) is 5.46. The quantitative estimate of drug-likeness (QED) is 0.805. The first-order valence-electron chi connectivity index (χ1n) is 4.90. The van der Waals surface area contributed by atoms with Crippen molar-refractivity contribution in [3.8, 4) is 0 Å². The molecule has 90 valence electrons. The molecule has 1 aromatic carbocycles. The maximum absolute atomic E-state index is 5.21. The van der Waals surface area contributed by atoms with Crippen LogP contribution in [0.4, 0.5) is 0 Å². The second-order valence-electron chi connectivity index (χ2n) is 3.15. The molecule has 0 N–H and O–H groups in total. The van der Waals surface area contributed by atoms with Crippen molar-refractivity contribution >= 4 is 27.7 Å². The third-order valence-corrected chi connectivity index (χ3v) is 3.71. The number of nitrogens with zero attached hydrogens (tertiary/aromatic N) is 2. The Morgan fingerprint density at radius 1 is 1.24 bits per heavy atom. The van der Waals surface area contributed by atoms with E-state index in [1.165, 1.54) is 0 Å². The zero-order chi connectivity index (χ0) is 12.3. The normalized spacial score (nSPS) is 10.3. The van der Waals surface area contributed by atoms with E-state index in [4.69, 9.17) is 9.68 Å². The summed E-state index contributed by atoms with van der Waals surface area (Å²) in [4.78, 5) is 11.5. The molecule has 1 aromatic heterocycles. The molecule has 0 unspecified atom stereocenters. The van der Waals surface area contributed by atoms with E-state index in [-0.39, 0.29) is 0 Å². The van der Waals surface area contributed by atoms with Crippen LogP contribution >= 0.6 is 27.7 Å². The molecule has 0 saturated carbocycles. The van der Waals surface area contributed by atoms with Gasteiger partial charge in [-0.2, -0.15) is 0 Å². The predicted molar refractivity (Wildman–Crippen MR) is 67.9 cm³/mol. The molecule has 17 heavy (non-hydrogen) atoms. The molecule has 0 radical (unpaired) electrons. The van der Waals surface area contributed by atoms with Crippen molar-refractivity contribution in [1.82, 2.24) is 4.73 Å². The fraction of sp³-hybridized carbons (Fsp3) is 0.182. The minimum Gasteiger partial charge on any atom is -0.338 e. The molecular weight excluding hydrogens is 304 g/mol. The SMILES string of the molecule is COn1cc[n+](OC)c1Sc1ccc(Br)cc1. The van der Waals surface area contributed by atoms with E-state index in [9.17, 15) is 0 Å². The van der Waals surface area contributed by atoms with Gasteiger partial charge >= 0.3 is 5.16 Å². The molecular formula is C11H12BrN2O2S+. The molecule has 0 amide bonds. The number of benzene rings is 1. The standard InChI is InChI=1S/C11H12BrN2O2S/c1-15-13-7-8-14(16-2)11(13)17-10-5-3-9(12)4-6-10/h3-8H,1-2H3/q+1. The first-order chi connectivity index (χ1) is 8.24. The summed E-state index contributed by atoms with van der Waals surface area (Å²) < 4.78 is 4.36. The van der Waals surface area contributed by atoms with E-state index in [0.717, 1.165) is 14.5 Å². The van der Waals surface area contributed by atoms with Crippen LogP contribution in [-0.2, 0) is 0 Å². The van der Waals surface area contributed by atoms with Gasteiger partial charge in [0, 0.05) is 21.1 Å². The van der Waals surface area contributed by atoms with Crippen LogP contribution in [0, 0.1) is 0 Å². The minimum absolute atomic E-state index is 0.845. The zero-order valence-corrected chi connectivity index (χ0v) is 11.9. The van der Waals surface area contributed by atoms with Crippen molar-refractivity contribution in [3.05, 3.63) is 41.1 Å². The van der Waals surface area contributed by atoms with Gasteiger partial charge in [-0.05, 0) is 33.7 Å². The number of imidazole rings is 1. The topological polar surface area (TPSA) is 27.3 Å². The van der Waals surface area contributed by atoms with Crippen LogP contribution in [0.5, 0.6) is 0 Å². The van der Waals surface area contributed by atoms with Crippen LogP contribution in [0.3, 0.4) is 0 Å². The van der Waals surface area contributed by atoms with Gasteiger partial charge in [-0.25, -0.2) is 0 Å². The number of rotatable bonds is 4. The van der Waals surface area contributed by atoms with Crippen molar-refractivity contribution < 1.29 is 14.4 Å². The maximum Gasteiger partial charge on any atom is 0.401 e. The molecule has 0 aliphatic rings. The highest BCUT2D eigenvalue weighted by atomic mass is 79.9. The number of aromatic nitrogens is 2. The summed E-state index contributed by atoms with van der Waals surface area (Å²) in [6, 6.07) is 8.06. The fourth-order valence-electron chi connectivity index (χ4n) is 1.32. The molecule has 2 aromatic rings. The lowest BCUT2D eigenvalue weighted by Gasteiger charge is -2.01. The molecule has 1 heterocycles. The smallest absolute Gasteiger partial charge is 0.338 e. The van der Waals surface area contributed by atoms with Crippen molar-refractivity contribution in [3.63, 3.8) is 0 Å². The molecule has 0 aliphatic heterocycles. The fourth-order valence-corrected chi connectivity index (χ4v) is 2.52. The predicted octanol–water partition coefficient (Wildman–Crippen LogP) is 1.81. The Labute approximate surface area is 112 Å². The van der Waals surface area contributed by atoms with Gasteiger partial charge in [0.2, 0.25) is 0 Å². The van der Waals surface area contributed by atoms with Crippen LogP contribution in [0.15, 0.2) is 51.2 Å². The highest BCUT2D eigenvalue weighted by Gasteiger charge is 2.20. The van der Waals surface area contributed by atoms with Gasteiger partial charge in [0.05, 0.1) is 0 Å². The van der Waals surface area contributed by atoms with Crippen LogP contribution < -0.4 is 14.4 Å². The van der Waals surface area contributed by atoms with E-state index in [1.54, 1.807) is 47.8 Å². The Morgan fingerprint density at radius 3 is 2.53 bits per heavy atom. The summed E-state index contributed by atoms with van der Waals surface area (Å²) in [5.74, 6) is 0. The Morgan fingerprint density at radius 2 is 1.94 bits per heavy atom. The van der Waals surface area contributed by atoms with Gasteiger partial charge in [-0.15, -0.1) is 0 Å². The average Bonchev–Trinajstić information content (AvgIpc) is 2.74. The number of hydrogen-bond donors (Lipinski definition) is 0. The number of hydrogen-bond acceptors (Lipinski definition) is 3. The van der Waals surface area contributed by atoms with Gasteiger partial charge in [-0.1, -0.05) is 15.9 Å². The first-order valence-corrected chi connectivity index (χ1v) is 6.51. The van der Waals surface area contributed by atoms with E-state index in [2.05, 4.69) is 15.9 Å². The monoisotopic (exact) mass is 315 g/mol. The van der Waals surface area contributed by atoms with Crippen LogP contribution in [0.25, 0.3) is 0 Å². The Hall–Kier alpha value is -1.14. The van der Waals surface area contributed by atoms with Crippen LogP contribution in [0.1, 0.15) is 0 Å². The number of halogens is 1. The lowest BCUT2D eigenvalue weighted by molar-refractivity contribution is -0.914. The van der Waals surface area contributed by atoms with E-state index < -0.39 is 0 Å². The zero-order valence-electron chi connectivity index (χ0n) is 9.46. The highest BCUT2D eigenvalue weighted by molar-refractivity contribution is 9.10. The summed E-state index contributed by atoms with van der Waals surface area (Å²) in [5.41, 5.74) is 0. The van der Waals surface area contributed by atoms with Gasteiger partial charge < -0.3 is 9.68 Å². The van der Waals surface area contributed by atoms with Gasteiger partial charge in [0.25, 0.3) is 0 Å². The summed E-state index contributed by atoms with van der Waals surface area (Å²) in [6.45, 7) is 0. The summed E-state index contributed by atoms with van der Waals surface area (Å²) in [5, 5.41) is 0.845. The third-order valence-electron chi connectivity index (χ3n) is 2.13. The first kappa shape index (κ1) is 12.3. The molecule has 4 nitrogen and oxygen atoms in total. The molecule has 0 atom stereocenters. The minimum atomic E-state index is 0.845. The Bertz CT molecular complexity index is 477. The molecule has 0 fully saturated rings. The Balaban J connectivity index is 2.28. The third kappa shape index (κ3) is 2.76. The van der Waals surface area contributed by atoms with Gasteiger partial charge in [-0.3, -0.25) is 0 Å². The summed E-state index contributed by atoms with van der Waals surface area (Å²) >= 11 is 4.97. The van der Waals surface area contributed by atoms with Crippen molar-refractivity contribution in [2.75, 3.05) is 14.2 Å². The molecule has 0 saturated heterocycles. The van der Waals surface area contributed by atoms with E-state index >= 15 is 0 Å². The van der Waals surface area contributed by atoms with E-state index in [0.29, 0.717) is 0 Å². The lowest BCUT2D eigenvalue weighted by Crippen LogP contribution is -2.41. The molecule has 0 aliphatic carbocycles. The molecule has 0 spiro atoms. The van der Waals surface area contributed by atoms with Crippen molar-refractivity contribution in [1.29, 1.82) is 0 Å². The van der Waals surface area contributed by atoms with Crippen molar-refractivity contribution in [2.24, 2.45) is 0 Å². The second-order valence-corrected chi connectivity index (χ2v) is 5.11.